The summed E-state index contributed by atoms with van der Waals surface area (Å²) < 4.78 is 26.1. The summed E-state index contributed by atoms with van der Waals surface area (Å²) in [4.78, 5) is 28.0. The van der Waals surface area contributed by atoms with Crippen molar-refractivity contribution in [3.05, 3.63) is 65.2 Å². The molecule has 0 bridgehead atoms. The average molecular weight is 506 g/mol. The molecule has 2 aromatic rings. The summed E-state index contributed by atoms with van der Waals surface area (Å²) in [5.41, 5.74) is 1.18. The molecule has 2 aromatic carbocycles. The molecule has 0 saturated heterocycles. The van der Waals surface area contributed by atoms with Gasteiger partial charge >= 0.3 is 0 Å². The first-order valence-electron chi connectivity index (χ1n) is 11.5. The van der Waals surface area contributed by atoms with Crippen molar-refractivity contribution in [1.29, 1.82) is 0 Å². The number of benzene rings is 2. The van der Waals surface area contributed by atoms with Crippen LogP contribution in [0.1, 0.15) is 44.6 Å². The molecule has 0 aromatic heterocycles. The van der Waals surface area contributed by atoms with Gasteiger partial charge in [-0.05, 0) is 49.6 Å². The van der Waals surface area contributed by atoms with Crippen molar-refractivity contribution in [1.82, 2.24) is 10.2 Å². The van der Waals surface area contributed by atoms with Crippen molar-refractivity contribution >= 4 is 39.1 Å². The van der Waals surface area contributed by atoms with E-state index in [1.807, 2.05) is 0 Å². The van der Waals surface area contributed by atoms with Gasteiger partial charge in [0.25, 0.3) is 0 Å². The van der Waals surface area contributed by atoms with Crippen molar-refractivity contribution in [2.45, 2.75) is 57.7 Å². The van der Waals surface area contributed by atoms with Gasteiger partial charge in [0, 0.05) is 17.6 Å². The molecule has 1 fully saturated rings. The van der Waals surface area contributed by atoms with Crippen LogP contribution < -0.4 is 9.62 Å². The lowest BCUT2D eigenvalue weighted by molar-refractivity contribution is -0.139. The third-order valence-corrected chi connectivity index (χ3v) is 7.50. The van der Waals surface area contributed by atoms with Crippen molar-refractivity contribution in [2.24, 2.45) is 0 Å². The molecule has 34 heavy (non-hydrogen) atoms. The summed E-state index contributed by atoms with van der Waals surface area (Å²) in [6.45, 7) is 1.43. The zero-order chi connectivity index (χ0) is 24.7. The smallest absolute Gasteiger partial charge is 0.244 e. The van der Waals surface area contributed by atoms with E-state index >= 15 is 0 Å². The summed E-state index contributed by atoms with van der Waals surface area (Å²) in [5.74, 6) is -0.699. The first-order valence-corrected chi connectivity index (χ1v) is 13.7. The zero-order valence-corrected chi connectivity index (χ0v) is 21.2. The zero-order valence-electron chi connectivity index (χ0n) is 19.6. The number of rotatable bonds is 9. The Balaban J connectivity index is 1.84. The summed E-state index contributed by atoms with van der Waals surface area (Å²) in [6.07, 6.45) is 6.25. The molecule has 1 aliphatic carbocycles. The topological polar surface area (TPSA) is 86.8 Å². The van der Waals surface area contributed by atoms with Gasteiger partial charge in [0.05, 0.1) is 11.9 Å². The molecule has 1 saturated carbocycles. The summed E-state index contributed by atoms with van der Waals surface area (Å²) in [7, 11) is -3.73. The van der Waals surface area contributed by atoms with Gasteiger partial charge < -0.3 is 10.2 Å². The fourth-order valence-electron chi connectivity index (χ4n) is 4.15. The Labute approximate surface area is 207 Å². The number of para-hydroxylation sites is 1. The Morgan fingerprint density at radius 3 is 2.24 bits per heavy atom. The number of nitrogens with one attached hydrogen (secondary N) is 1. The number of amides is 2. The highest BCUT2D eigenvalue weighted by Crippen LogP contribution is 2.20. The summed E-state index contributed by atoms with van der Waals surface area (Å²) >= 11 is 6.00. The number of halogens is 1. The van der Waals surface area contributed by atoms with Gasteiger partial charge in [-0.1, -0.05) is 61.2 Å². The predicted octanol–water partition coefficient (Wildman–Crippen LogP) is 3.97. The third kappa shape index (κ3) is 7.21. The molecule has 2 amide bonds. The lowest BCUT2D eigenvalue weighted by Gasteiger charge is -2.33. The van der Waals surface area contributed by atoms with Gasteiger partial charge in [-0.15, -0.1) is 0 Å². The van der Waals surface area contributed by atoms with E-state index in [0.717, 1.165) is 41.8 Å². The Morgan fingerprint density at radius 2 is 1.65 bits per heavy atom. The number of anilines is 1. The van der Waals surface area contributed by atoms with Crippen LogP contribution in [0.15, 0.2) is 54.6 Å². The van der Waals surface area contributed by atoms with Crippen LogP contribution in [0.5, 0.6) is 0 Å². The fraction of sp³-hybridized carbons (Fsp3) is 0.440. The molecule has 184 valence electrons. The van der Waals surface area contributed by atoms with Crippen molar-refractivity contribution < 1.29 is 18.0 Å². The molecule has 0 spiro atoms. The highest BCUT2D eigenvalue weighted by atomic mass is 35.5. The average Bonchev–Trinajstić information content (AvgIpc) is 2.82. The number of nitrogens with zero attached hydrogens (tertiary/aromatic N) is 2. The molecular formula is C25H32ClN3O4S. The Morgan fingerprint density at radius 1 is 1.03 bits per heavy atom. The monoisotopic (exact) mass is 505 g/mol. The van der Waals surface area contributed by atoms with Crippen molar-refractivity contribution in [3.63, 3.8) is 0 Å². The second kappa shape index (κ2) is 11.7. The standard InChI is InChI=1S/C25H32ClN3O4S/c1-19(25(31)27-22-9-5-3-6-10-22)28(17-20-13-15-21(26)16-14-20)24(30)18-29(34(2,32)33)23-11-7-4-8-12-23/h4,7-8,11-16,19,22H,3,5-6,9-10,17-18H2,1-2H3,(H,27,31)/t19-/m1/s1. The SMILES string of the molecule is C[C@H](C(=O)NC1CCCCC1)N(Cc1ccc(Cl)cc1)C(=O)CN(c1ccccc1)S(C)(=O)=O. The van der Waals surface area contributed by atoms with Crippen LogP contribution in [0.4, 0.5) is 5.69 Å². The van der Waals surface area contributed by atoms with E-state index in [0.29, 0.717) is 10.7 Å². The van der Waals surface area contributed by atoms with Crippen LogP contribution in [0, 0.1) is 0 Å². The lowest BCUT2D eigenvalue weighted by Crippen LogP contribution is -2.52. The van der Waals surface area contributed by atoms with Gasteiger partial charge in [0.15, 0.2) is 0 Å². The minimum absolute atomic E-state index is 0.105. The maximum atomic E-state index is 13.5. The molecule has 1 N–H and O–H groups in total. The van der Waals surface area contributed by atoms with E-state index in [4.69, 9.17) is 11.6 Å². The fourth-order valence-corrected chi connectivity index (χ4v) is 5.12. The van der Waals surface area contributed by atoms with E-state index < -0.39 is 28.5 Å². The molecule has 0 radical (unpaired) electrons. The Hall–Kier alpha value is -2.58. The lowest BCUT2D eigenvalue weighted by atomic mass is 9.95. The Kier molecular flexibility index (Phi) is 8.97. The van der Waals surface area contributed by atoms with Gasteiger partial charge in [0.2, 0.25) is 21.8 Å². The van der Waals surface area contributed by atoms with E-state index in [-0.39, 0.29) is 18.5 Å². The minimum atomic E-state index is -3.73. The second-order valence-corrected chi connectivity index (χ2v) is 11.1. The maximum absolute atomic E-state index is 13.5. The van der Waals surface area contributed by atoms with Crippen LogP contribution in [-0.4, -0.2) is 50.0 Å². The number of hydrogen-bond donors (Lipinski definition) is 1. The highest BCUT2D eigenvalue weighted by Gasteiger charge is 2.31. The predicted molar refractivity (Wildman–Crippen MR) is 135 cm³/mol. The first kappa shape index (κ1) is 26.0. The van der Waals surface area contributed by atoms with Crippen LogP contribution in [0.3, 0.4) is 0 Å². The normalized spacial score (nSPS) is 15.4. The van der Waals surface area contributed by atoms with Gasteiger partial charge in [-0.25, -0.2) is 8.42 Å². The van der Waals surface area contributed by atoms with Crippen molar-refractivity contribution in [2.75, 3.05) is 17.1 Å². The number of carbonyl (C=O) groups is 2. The summed E-state index contributed by atoms with van der Waals surface area (Å²) in [6, 6.07) is 14.8. The number of carbonyl (C=O) groups excluding carboxylic acids is 2. The van der Waals surface area contributed by atoms with E-state index in [1.54, 1.807) is 61.5 Å². The molecule has 3 rings (SSSR count). The van der Waals surface area contributed by atoms with Gasteiger partial charge in [-0.2, -0.15) is 0 Å². The largest absolute Gasteiger partial charge is 0.352 e. The molecule has 7 nitrogen and oxygen atoms in total. The molecule has 1 aliphatic rings. The van der Waals surface area contributed by atoms with Gasteiger partial charge in [-0.3, -0.25) is 13.9 Å². The third-order valence-electron chi connectivity index (χ3n) is 6.11. The quantitative estimate of drug-likeness (QED) is 0.558. The molecule has 0 heterocycles. The van der Waals surface area contributed by atoms with E-state index in [2.05, 4.69) is 5.32 Å². The van der Waals surface area contributed by atoms with Crippen LogP contribution >= 0.6 is 11.6 Å². The second-order valence-electron chi connectivity index (χ2n) is 8.77. The van der Waals surface area contributed by atoms with Crippen LogP contribution in [0.2, 0.25) is 5.02 Å². The first-order chi connectivity index (χ1) is 16.1. The van der Waals surface area contributed by atoms with E-state index in [1.165, 1.54) is 11.3 Å². The summed E-state index contributed by atoms with van der Waals surface area (Å²) in [5, 5.41) is 3.65. The maximum Gasteiger partial charge on any atom is 0.244 e. The Bertz CT molecular complexity index is 1070. The van der Waals surface area contributed by atoms with Gasteiger partial charge in [0.1, 0.15) is 12.6 Å². The molecule has 9 heteroatoms. The molecule has 0 unspecified atom stereocenters. The van der Waals surface area contributed by atoms with Crippen LogP contribution in [-0.2, 0) is 26.2 Å². The van der Waals surface area contributed by atoms with E-state index in [9.17, 15) is 18.0 Å². The molecule has 1 atom stereocenters. The minimum Gasteiger partial charge on any atom is -0.352 e. The molecular weight excluding hydrogens is 474 g/mol. The highest BCUT2D eigenvalue weighted by molar-refractivity contribution is 7.92. The van der Waals surface area contributed by atoms with Crippen molar-refractivity contribution in [3.8, 4) is 0 Å². The number of hydrogen-bond acceptors (Lipinski definition) is 4. The van der Waals surface area contributed by atoms with Crippen LogP contribution in [0.25, 0.3) is 0 Å². The molecule has 0 aliphatic heterocycles. The number of sulfonamides is 1.